The van der Waals surface area contributed by atoms with Gasteiger partial charge in [0.2, 0.25) is 0 Å². The molecule has 1 aliphatic rings. The molecule has 1 aliphatic heterocycles. The Morgan fingerprint density at radius 1 is 1.50 bits per heavy atom. The summed E-state index contributed by atoms with van der Waals surface area (Å²) in [4.78, 5) is 3.28. The lowest BCUT2D eigenvalue weighted by atomic mass is 10.2. The number of hydrogen-bond donors (Lipinski definition) is 2. The number of nitrogens with one attached hydrogen (secondary N) is 2. The van der Waals surface area contributed by atoms with E-state index in [1.807, 2.05) is 18.2 Å². The van der Waals surface area contributed by atoms with Crippen LogP contribution >= 0.6 is 23.4 Å². The predicted octanol–water partition coefficient (Wildman–Crippen LogP) is 0.613. The van der Waals surface area contributed by atoms with Gasteiger partial charge in [-0.1, -0.05) is 23.7 Å². The lowest BCUT2D eigenvalue weighted by Gasteiger charge is -1.98. The number of hydrogen-bond acceptors (Lipinski definition) is 2. The van der Waals surface area contributed by atoms with Crippen molar-refractivity contribution in [1.82, 2.24) is 5.32 Å². The first-order valence-corrected chi connectivity index (χ1v) is 5.93. The monoisotopic (exact) mass is 227 g/mol. The molecular weight excluding hydrogens is 216 g/mol. The molecule has 0 saturated carbocycles. The summed E-state index contributed by atoms with van der Waals surface area (Å²) in [5.74, 6) is 0.954. The van der Waals surface area contributed by atoms with Crippen molar-refractivity contribution in [2.45, 2.75) is 5.75 Å². The van der Waals surface area contributed by atoms with Crippen molar-refractivity contribution in [2.24, 2.45) is 0 Å². The maximum atomic E-state index is 5.89. The van der Waals surface area contributed by atoms with Crippen molar-refractivity contribution in [1.29, 1.82) is 0 Å². The second kappa shape index (κ2) is 4.71. The average molecular weight is 228 g/mol. The Hall–Kier alpha value is -0.670. The van der Waals surface area contributed by atoms with Crippen LogP contribution in [0.2, 0.25) is 5.02 Å². The molecule has 2 rings (SSSR count). The highest BCUT2D eigenvalue weighted by Gasteiger charge is 2.12. The molecule has 1 aromatic carbocycles. The molecule has 0 radical (unpaired) electrons. The zero-order valence-corrected chi connectivity index (χ0v) is 9.29. The molecule has 0 saturated heterocycles. The molecule has 0 unspecified atom stereocenters. The smallest absolute Gasteiger partial charge is 0.265 e. The van der Waals surface area contributed by atoms with E-state index >= 15 is 0 Å². The minimum absolute atomic E-state index is 0.806. The fourth-order valence-corrected chi connectivity index (χ4v) is 2.41. The minimum Gasteiger partial charge on any atom is -0.265 e. The van der Waals surface area contributed by atoms with Gasteiger partial charge in [0.1, 0.15) is 13.1 Å². The van der Waals surface area contributed by atoms with Gasteiger partial charge in [0.15, 0.2) is 0 Å². The van der Waals surface area contributed by atoms with E-state index in [2.05, 4.69) is 16.4 Å². The van der Waals surface area contributed by atoms with Gasteiger partial charge in [0.25, 0.3) is 0 Å². The first kappa shape index (κ1) is 9.87. The third kappa shape index (κ3) is 2.66. The van der Waals surface area contributed by atoms with Crippen molar-refractivity contribution in [3.8, 4) is 0 Å². The van der Waals surface area contributed by atoms with Crippen molar-refractivity contribution in [2.75, 3.05) is 13.1 Å². The van der Waals surface area contributed by atoms with Gasteiger partial charge in [0, 0.05) is 10.8 Å². The molecule has 2 N–H and O–H groups in total. The highest BCUT2D eigenvalue weighted by Crippen LogP contribution is 2.16. The Morgan fingerprint density at radius 2 is 2.43 bits per heavy atom. The topological polar surface area (TPSA) is 26.0 Å². The van der Waals surface area contributed by atoms with Gasteiger partial charge in [-0.25, -0.2) is 0 Å². The molecule has 0 aromatic heterocycles. The van der Waals surface area contributed by atoms with Crippen LogP contribution in [0.3, 0.4) is 0 Å². The van der Waals surface area contributed by atoms with Crippen LogP contribution in [0, 0.1) is 0 Å². The second-order valence-electron chi connectivity index (χ2n) is 3.10. The van der Waals surface area contributed by atoms with Crippen LogP contribution in [0.25, 0.3) is 0 Å². The molecule has 2 nitrogen and oxygen atoms in total. The molecule has 0 amide bonds. The van der Waals surface area contributed by atoms with Crippen LogP contribution in [0.5, 0.6) is 0 Å². The van der Waals surface area contributed by atoms with E-state index in [0.29, 0.717) is 0 Å². The summed E-state index contributed by atoms with van der Waals surface area (Å²) in [7, 11) is 0. The zero-order chi connectivity index (χ0) is 9.80. The predicted molar refractivity (Wildman–Crippen MR) is 61.6 cm³/mol. The number of benzene rings is 1. The molecule has 1 aromatic rings. The fourth-order valence-electron chi connectivity index (χ4n) is 1.30. The molecule has 0 fully saturated rings. The summed E-state index contributed by atoms with van der Waals surface area (Å²) in [6, 6.07) is 7.98. The molecule has 0 aliphatic carbocycles. The molecule has 0 bridgehead atoms. The average Bonchev–Trinajstić information content (AvgIpc) is 2.67. The quantitative estimate of drug-likeness (QED) is 0.775. The van der Waals surface area contributed by atoms with Crippen LogP contribution < -0.4 is 10.3 Å². The Balaban J connectivity index is 1.91. The SMILES string of the molecule is Clc1cccc(CSC2=[NH+]CCN2)c1. The summed E-state index contributed by atoms with van der Waals surface area (Å²) in [5.41, 5.74) is 1.26. The van der Waals surface area contributed by atoms with Crippen LogP contribution in [0.1, 0.15) is 5.56 Å². The van der Waals surface area contributed by atoms with Crippen molar-refractivity contribution in [3.63, 3.8) is 0 Å². The second-order valence-corrected chi connectivity index (χ2v) is 4.52. The minimum atomic E-state index is 0.806. The summed E-state index contributed by atoms with van der Waals surface area (Å²) in [5, 5.41) is 5.25. The molecular formula is C10H12ClN2S+. The van der Waals surface area contributed by atoms with E-state index in [4.69, 9.17) is 11.6 Å². The lowest BCUT2D eigenvalue weighted by Crippen LogP contribution is -2.69. The summed E-state index contributed by atoms with van der Waals surface area (Å²) >= 11 is 7.67. The van der Waals surface area contributed by atoms with E-state index in [-0.39, 0.29) is 0 Å². The lowest BCUT2D eigenvalue weighted by molar-refractivity contribution is -0.441. The summed E-state index contributed by atoms with van der Waals surface area (Å²) in [6.45, 7) is 2.05. The molecule has 0 spiro atoms. The van der Waals surface area contributed by atoms with Crippen molar-refractivity contribution in [3.05, 3.63) is 34.9 Å². The van der Waals surface area contributed by atoms with Crippen molar-refractivity contribution < 1.29 is 4.99 Å². The summed E-state index contributed by atoms with van der Waals surface area (Å²) < 4.78 is 0. The number of thioether (sulfide) groups is 1. The van der Waals surface area contributed by atoms with E-state index in [1.165, 1.54) is 10.7 Å². The molecule has 74 valence electrons. The molecule has 4 heteroatoms. The zero-order valence-electron chi connectivity index (χ0n) is 7.72. The first-order valence-electron chi connectivity index (χ1n) is 4.56. The maximum Gasteiger partial charge on any atom is 0.304 e. The highest BCUT2D eigenvalue weighted by molar-refractivity contribution is 8.12. The Kier molecular flexibility index (Phi) is 3.32. The molecule has 14 heavy (non-hydrogen) atoms. The van der Waals surface area contributed by atoms with E-state index in [9.17, 15) is 0 Å². The third-order valence-corrected chi connectivity index (χ3v) is 3.26. The van der Waals surface area contributed by atoms with Gasteiger partial charge in [0.05, 0.1) is 0 Å². The molecule has 1 heterocycles. The molecule has 0 atom stereocenters. The van der Waals surface area contributed by atoms with E-state index in [1.54, 1.807) is 11.8 Å². The van der Waals surface area contributed by atoms with Crippen LogP contribution in [0.15, 0.2) is 24.3 Å². The Bertz CT molecular complexity index is 352. The van der Waals surface area contributed by atoms with E-state index < -0.39 is 0 Å². The third-order valence-electron chi connectivity index (χ3n) is 1.97. The maximum absolute atomic E-state index is 5.89. The Morgan fingerprint density at radius 3 is 3.14 bits per heavy atom. The van der Waals surface area contributed by atoms with Gasteiger partial charge in [-0.05, 0) is 29.5 Å². The van der Waals surface area contributed by atoms with Gasteiger partial charge in [-0.3, -0.25) is 10.3 Å². The standard InChI is InChI=1S/C10H11ClN2S/c11-9-3-1-2-8(6-9)7-14-10-12-4-5-13-10/h1-3,6H,4-5,7H2,(H,12,13)/p+1. The number of halogens is 1. The van der Waals surface area contributed by atoms with Crippen LogP contribution in [-0.2, 0) is 5.75 Å². The van der Waals surface area contributed by atoms with Crippen LogP contribution in [0.4, 0.5) is 0 Å². The van der Waals surface area contributed by atoms with Gasteiger partial charge in [-0.15, -0.1) is 0 Å². The highest BCUT2D eigenvalue weighted by atomic mass is 35.5. The van der Waals surface area contributed by atoms with Gasteiger partial charge < -0.3 is 0 Å². The Labute approximate surface area is 92.8 Å². The van der Waals surface area contributed by atoms with Gasteiger partial charge in [-0.2, -0.15) is 0 Å². The van der Waals surface area contributed by atoms with E-state index in [0.717, 1.165) is 23.9 Å². The van der Waals surface area contributed by atoms with Gasteiger partial charge >= 0.3 is 5.17 Å². The summed E-state index contributed by atoms with van der Waals surface area (Å²) in [6.07, 6.45) is 0. The normalized spacial score (nSPS) is 15.1. The number of amidine groups is 1. The fraction of sp³-hybridized carbons (Fsp3) is 0.300. The van der Waals surface area contributed by atoms with Crippen molar-refractivity contribution >= 4 is 28.5 Å². The first-order chi connectivity index (χ1) is 6.84. The van der Waals surface area contributed by atoms with Crippen LogP contribution in [-0.4, -0.2) is 18.3 Å². The largest absolute Gasteiger partial charge is 0.304 e. The number of rotatable bonds is 2.